The van der Waals surface area contributed by atoms with E-state index < -0.39 is 16.0 Å². The summed E-state index contributed by atoms with van der Waals surface area (Å²) in [5.41, 5.74) is 1.16. The molecule has 2 rings (SSSR count). The number of carboxylic acid groups (broad SMARTS) is 1. The maximum atomic E-state index is 13.0. The third kappa shape index (κ3) is 5.09. The first kappa shape index (κ1) is 21.9. The summed E-state index contributed by atoms with van der Waals surface area (Å²) in [7, 11) is -3.51. The standard InChI is InChI=1S/C20H32N2O4S/c1-5-20(3,4)16-7-9-18(10-8-16)27(25,26)22-13-11-17(12-14-22)21(6-2)15-19(23)24/h7-10,17H,5-6,11-15H2,1-4H3,(H,23,24). The van der Waals surface area contributed by atoms with Gasteiger partial charge in [0.25, 0.3) is 0 Å². The Morgan fingerprint density at radius 2 is 1.74 bits per heavy atom. The minimum atomic E-state index is -3.51. The van der Waals surface area contributed by atoms with Gasteiger partial charge in [0.15, 0.2) is 0 Å². The number of carbonyl (C=O) groups is 1. The number of carboxylic acids is 1. The van der Waals surface area contributed by atoms with Crippen molar-refractivity contribution >= 4 is 16.0 Å². The van der Waals surface area contributed by atoms with E-state index in [2.05, 4.69) is 20.8 Å². The van der Waals surface area contributed by atoms with Crippen molar-refractivity contribution in [2.24, 2.45) is 0 Å². The average Bonchev–Trinajstić information content (AvgIpc) is 2.66. The van der Waals surface area contributed by atoms with Gasteiger partial charge in [0.2, 0.25) is 10.0 Å². The van der Waals surface area contributed by atoms with Crippen LogP contribution in [0.5, 0.6) is 0 Å². The van der Waals surface area contributed by atoms with E-state index in [1.807, 2.05) is 24.0 Å². The van der Waals surface area contributed by atoms with E-state index in [-0.39, 0.29) is 18.0 Å². The Hall–Kier alpha value is -1.44. The Labute approximate surface area is 163 Å². The topological polar surface area (TPSA) is 77.9 Å². The summed E-state index contributed by atoms with van der Waals surface area (Å²) in [4.78, 5) is 13.2. The second kappa shape index (κ2) is 8.71. The Bertz CT molecular complexity index is 736. The molecule has 0 spiro atoms. The highest BCUT2D eigenvalue weighted by Crippen LogP contribution is 2.29. The summed E-state index contributed by atoms with van der Waals surface area (Å²) in [6, 6.07) is 7.35. The molecule has 0 radical (unpaired) electrons. The molecule has 1 aliphatic rings. The van der Waals surface area contributed by atoms with E-state index in [1.54, 1.807) is 12.1 Å². The van der Waals surface area contributed by atoms with Gasteiger partial charge in [0.05, 0.1) is 11.4 Å². The Balaban J connectivity index is 2.07. The zero-order valence-electron chi connectivity index (χ0n) is 16.8. The second-order valence-electron chi connectivity index (χ2n) is 7.85. The number of benzene rings is 1. The Morgan fingerprint density at radius 3 is 2.19 bits per heavy atom. The van der Waals surface area contributed by atoms with Gasteiger partial charge >= 0.3 is 5.97 Å². The van der Waals surface area contributed by atoms with Gasteiger partial charge in [-0.25, -0.2) is 8.42 Å². The number of hydrogen-bond acceptors (Lipinski definition) is 4. The molecule has 1 aliphatic heterocycles. The highest BCUT2D eigenvalue weighted by molar-refractivity contribution is 7.89. The quantitative estimate of drug-likeness (QED) is 0.731. The summed E-state index contributed by atoms with van der Waals surface area (Å²) in [6.45, 7) is 9.86. The lowest BCUT2D eigenvalue weighted by atomic mass is 9.82. The van der Waals surface area contributed by atoms with Gasteiger partial charge in [-0.3, -0.25) is 9.69 Å². The number of aliphatic carboxylic acids is 1. The predicted octanol–water partition coefficient (Wildman–Crippen LogP) is 2.93. The summed E-state index contributed by atoms with van der Waals surface area (Å²) in [5.74, 6) is -0.845. The van der Waals surface area contributed by atoms with E-state index in [4.69, 9.17) is 5.11 Å². The Morgan fingerprint density at radius 1 is 1.19 bits per heavy atom. The first-order chi connectivity index (χ1) is 12.6. The second-order valence-corrected chi connectivity index (χ2v) is 9.79. The van der Waals surface area contributed by atoms with Gasteiger partial charge in [0, 0.05) is 19.1 Å². The molecule has 0 aliphatic carbocycles. The first-order valence-corrected chi connectivity index (χ1v) is 11.1. The molecule has 1 fully saturated rings. The number of sulfonamides is 1. The summed E-state index contributed by atoms with van der Waals surface area (Å²) < 4.78 is 27.4. The van der Waals surface area contributed by atoms with E-state index in [1.165, 1.54) is 4.31 Å². The molecular weight excluding hydrogens is 364 g/mol. The average molecular weight is 397 g/mol. The molecule has 0 bridgehead atoms. The minimum Gasteiger partial charge on any atom is -0.480 e. The lowest BCUT2D eigenvalue weighted by molar-refractivity contribution is -0.139. The van der Waals surface area contributed by atoms with Crippen LogP contribution >= 0.6 is 0 Å². The van der Waals surface area contributed by atoms with Crippen LogP contribution in [0.25, 0.3) is 0 Å². The molecule has 0 unspecified atom stereocenters. The maximum absolute atomic E-state index is 13.0. The van der Waals surface area contributed by atoms with Crippen molar-refractivity contribution in [3.05, 3.63) is 29.8 Å². The summed E-state index contributed by atoms with van der Waals surface area (Å²) >= 11 is 0. The largest absolute Gasteiger partial charge is 0.480 e. The van der Waals surface area contributed by atoms with Gasteiger partial charge in [-0.1, -0.05) is 39.8 Å². The van der Waals surface area contributed by atoms with E-state index in [0.717, 1.165) is 12.0 Å². The van der Waals surface area contributed by atoms with Crippen molar-refractivity contribution in [2.45, 2.75) is 63.3 Å². The summed E-state index contributed by atoms with van der Waals surface area (Å²) in [6.07, 6.45) is 2.29. The fourth-order valence-electron chi connectivity index (χ4n) is 3.55. The van der Waals surface area contributed by atoms with Crippen molar-refractivity contribution < 1.29 is 18.3 Å². The molecule has 0 aromatic heterocycles. The fourth-order valence-corrected chi connectivity index (χ4v) is 5.02. The molecule has 0 atom stereocenters. The number of nitrogens with zero attached hydrogens (tertiary/aromatic N) is 2. The van der Waals surface area contributed by atoms with Crippen LogP contribution in [0.1, 0.15) is 52.5 Å². The lowest BCUT2D eigenvalue weighted by Crippen LogP contribution is -2.48. The van der Waals surface area contributed by atoms with E-state index in [0.29, 0.717) is 37.4 Å². The maximum Gasteiger partial charge on any atom is 0.317 e. The van der Waals surface area contributed by atoms with Crippen LogP contribution < -0.4 is 0 Å². The molecule has 27 heavy (non-hydrogen) atoms. The monoisotopic (exact) mass is 396 g/mol. The highest BCUT2D eigenvalue weighted by Gasteiger charge is 2.32. The van der Waals surface area contributed by atoms with Crippen molar-refractivity contribution in [3.8, 4) is 0 Å². The van der Waals surface area contributed by atoms with Crippen molar-refractivity contribution in [2.75, 3.05) is 26.2 Å². The number of rotatable bonds is 8. The number of hydrogen-bond donors (Lipinski definition) is 1. The SMILES string of the molecule is CCN(CC(=O)O)C1CCN(S(=O)(=O)c2ccc(C(C)(C)CC)cc2)CC1. The van der Waals surface area contributed by atoms with Crippen LogP contribution in [0.3, 0.4) is 0 Å². The van der Waals surface area contributed by atoms with Crippen molar-refractivity contribution in [1.82, 2.24) is 9.21 Å². The molecule has 6 nitrogen and oxygen atoms in total. The minimum absolute atomic E-state index is 0.00257. The fraction of sp³-hybridized carbons (Fsp3) is 0.650. The molecule has 1 aromatic carbocycles. The lowest BCUT2D eigenvalue weighted by Gasteiger charge is -2.36. The van der Waals surface area contributed by atoms with Crippen LogP contribution in [-0.2, 0) is 20.2 Å². The molecule has 0 amide bonds. The zero-order valence-corrected chi connectivity index (χ0v) is 17.6. The van der Waals surface area contributed by atoms with Crippen LogP contribution in [0.4, 0.5) is 0 Å². The molecule has 1 aromatic rings. The first-order valence-electron chi connectivity index (χ1n) is 9.68. The molecule has 152 valence electrons. The van der Waals surface area contributed by atoms with E-state index in [9.17, 15) is 13.2 Å². The Kier molecular flexibility index (Phi) is 7.05. The van der Waals surface area contributed by atoms with Crippen molar-refractivity contribution in [1.29, 1.82) is 0 Å². The van der Waals surface area contributed by atoms with Crippen LogP contribution in [0, 0.1) is 0 Å². The van der Waals surface area contributed by atoms with Gasteiger partial charge in [-0.15, -0.1) is 0 Å². The van der Waals surface area contributed by atoms with Gasteiger partial charge < -0.3 is 5.11 Å². The molecule has 1 heterocycles. The molecule has 7 heteroatoms. The number of likely N-dealkylation sites (N-methyl/N-ethyl adjacent to an activating group) is 1. The number of piperidine rings is 1. The van der Waals surface area contributed by atoms with Crippen LogP contribution in [0.2, 0.25) is 0 Å². The molecule has 1 saturated heterocycles. The molecular formula is C20H32N2O4S. The molecule has 1 N–H and O–H groups in total. The van der Waals surface area contributed by atoms with Crippen LogP contribution in [0.15, 0.2) is 29.2 Å². The van der Waals surface area contributed by atoms with Gasteiger partial charge in [-0.05, 0) is 48.9 Å². The smallest absolute Gasteiger partial charge is 0.317 e. The predicted molar refractivity (Wildman–Crippen MR) is 106 cm³/mol. The van der Waals surface area contributed by atoms with Gasteiger partial charge in [0.1, 0.15) is 0 Å². The van der Waals surface area contributed by atoms with Gasteiger partial charge in [-0.2, -0.15) is 4.31 Å². The molecule has 0 saturated carbocycles. The zero-order chi connectivity index (χ0) is 20.2. The third-order valence-electron chi connectivity index (χ3n) is 5.84. The highest BCUT2D eigenvalue weighted by atomic mass is 32.2. The summed E-state index contributed by atoms with van der Waals surface area (Å²) in [5, 5.41) is 9.02. The third-order valence-corrected chi connectivity index (χ3v) is 7.75. The van der Waals surface area contributed by atoms with Crippen molar-refractivity contribution in [3.63, 3.8) is 0 Å². The van der Waals surface area contributed by atoms with E-state index >= 15 is 0 Å². The normalized spacial score (nSPS) is 17.4. The van der Waals surface area contributed by atoms with Crippen LogP contribution in [-0.4, -0.2) is 60.9 Å².